The molecule has 0 spiro atoms. The number of likely N-dealkylation sites (tertiary alicyclic amines) is 1. The van der Waals surface area contributed by atoms with E-state index in [9.17, 15) is 9.59 Å². The van der Waals surface area contributed by atoms with Crippen LogP contribution in [0.1, 0.15) is 26.2 Å². The second-order valence-corrected chi connectivity index (χ2v) is 6.51. The van der Waals surface area contributed by atoms with Crippen molar-refractivity contribution in [3.63, 3.8) is 0 Å². The van der Waals surface area contributed by atoms with Gasteiger partial charge >= 0.3 is 6.03 Å². The normalized spacial score (nSPS) is 14.4. The molecule has 1 aliphatic rings. The minimum atomic E-state index is -0.141. The van der Waals surface area contributed by atoms with E-state index in [1.165, 1.54) is 0 Å². The number of urea groups is 1. The summed E-state index contributed by atoms with van der Waals surface area (Å²) in [7, 11) is 1.58. The smallest absolute Gasteiger partial charge is 0.317 e. The zero-order valence-corrected chi connectivity index (χ0v) is 16.7. The molecule has 2 rings (SSSR count). The van der Waals surface area contributed by atoms with Crippen LogP contribution >= 0.6 is 0 Å². The maximum atomic E-state index is 12.2. The summed E-state index contributed by atoms with van der Waals surface area (Å²) in [5, 5.41) is 5.52. The maximum absolute atomic E-state index is 12.2. The fourth-order valence-electron chi connectivity index (χ4n) is 2.95. The highest BCUT2D eigenvalue weighted by Gasteiger charge is 2.24. The van der Waals surface area contributed by atoms with Crippen LogP contribution in [0.2, 0.25) is 0 Å². The Kier molecular flexibility index (Phi) is 9.41. The fraction of sp³-hybridized carbons (Fsp3) is 0.600. The number of methoxy groups -OCH3 is 1. The zero-order chi connectivity index (χ0) is 20.2. The Bertz CT molecular complexity index is 618. The van der Waals surface area contributed by atoms with Crippen molar-refractivity contribution in [1.82, 2.24) is 15.5 Å². The predicted octanol–water partition coefficient (Wildman–Crippen LogP) is 1.79. The highest BCUT2D eigenvalue weighted by molar-refractivity contribution is 5.78. The van der Waals surface area contributed by atoms with Gasteiger partial charge in [-0.25, -0.2) is 4.79 Å². The number of ether oxygens (including phenoxy) is 3. The fourth-order valence-corrected chi connectivity index (χ4v) is 2.95. The number of carbonyl (C=O) groups excluding carboxylic acids is 2. The molecule has 1 aromatic carbocycles. The topological polar surface area (TPSA) is 89.1 Å². The van der Waals surface area contributed by atoms with Gasteiger partial charge in [0, 0.05) is 52.6 Å². The first-order valence-electron chi connectivity index (χ1n) is 9.81. The van der Waals surface area contributed by atoms with Gasteiger partial charge in [-0.3, -0.25) is 4.79 Å². The molecule has 156 valence electrons. The molecule has 0 radical (unpaired) electrons. The third-order valence-corrected chi connectivity index (χ3v) is 4.43. The molecule has 0 aromatic heterocycles. The van der Waals surface area contributed by atoms with Crippen molar-refractivity contribution in [3.8, 4) is 11.5 Å². The van der Waals surface area contributed by atoms with Crippen LogP contribution in [0.15, 0.2) is 24.3 Å². The lowest BCUT2D eigenvalue weighted by Crippen LogP contribution is -2.47. The molecule has 1 fully saturated rings. The first-order valence-corrected chi connectivity index (χ1v) is 9.81. The van der Waals surface area contributed by atoms with Crippen molar-refractivity contribution in [3.05, 3.63) is 24.3 Å². The number of amides is 3. The van der Waals surface area contributed by atoms with Crippen LogP contribution in [0.25, 0.3) is 0 Å². The molecule has 8 heteroatoms. The second-order valence-electron chi connectivity index (χ2n) is 6.51. The summed E-state index contributed by atoms with van der Waals surface area (Å²) in [5.74, 6) is 1.39. The summed E-state index contributed by atoms with van der Waals surface area (Å²) in [4.78, 5) is 25.6. The van der Waals surface area contributed by atoms with E-state index in [0.717, 1.165) is 24.3 Å². The summed E-state index contributed by atoms with van der Waals surface area (Å²) >= 11 is 0. The summed E-state index contributed by atoms with van der Waals surface area (Å²) in [6.07, 6.45) is 1.82. The van der Waals surface area contributed by atoms with Crippen LogP contribution in [0.4, 0.5) is 4.79 Å². The molecule has 2 N–H and O–H groups in total. The van der Waals surface area contributed by atoms with Gasteiger partial charge in [0.1, 0.15) is 6.10 Å². The lowest BCUT2D eigenvalue weighted by molar-refractivity contribution is -0.121. The molecule has 0 aliphatic carbocycles. The molecule has 1 aliphatic heterocycles. The Labute approximate surface area is 166 Å². The maximum Gasteiger partial charge on any atom is 0.317 e. The van der Waals surface area contributed by atoms with E-state index in [2.05, 4.69) is 10.6 Å². The standard InChI is InChI=1S/C20H31N3O5/c1-3-27-17-6-4-5-7-18(17)28-16-9-13-23(14-10-16)20(25)22-11-8-19(24)21-12-15-26-2/h4-7,16H,3,8-15H2,1-2H3,(H,21,24)(H,22,25). The number of nitrogens with zero attached hydrogens (tertiary/aromatic N) is 1. The van der Waals surface area contributed by atoms with Gasteiger partial charge in [0.25, 0.3) is 0 Å². The monoisotopic (exact) mass is 393 g/mol. The van der Waals surface area contributed by atoms with Crippen LogP contribution in [0, 0.1) is 0 Å². The van der Waals surface area contributed by atoms with Gasteiger partial charge in [0.2, 0.25) is 5.91 Å². The average molecular weight is 393 g/mol. The lowest BCUT2D eigenvalue weighted by atomic mass is 10.1. The number of rotatable bonds is 10. The van der Waals surface area contributed by atoms with Crippen LogP contribution in [0.5, 0.6) is 11.5 Å². The average Bonchev–Trinajstić information content (AvgIpc) is 2.70. The number of hydrogen-bond acceptors (Lipinski definition) is 5. The van der Waals surface area contributed by atoms with Crippen molar-refractivity contribution in [2.24, 2.45) is 0 Å². The summed E-state index contributed by atoms with van der Waals surface area (Å²) in [5.41, 5.74) is 0. The Morgan fingerprint density at radius 2 is 1.82 bits per heavy atom. The molecule has 0 bridgehead atoms. The molecule has 3 amide bonds. The zero-order valence-electron chi connectivity index (χ0n) is 16.7. The van der Waals surface area contributed by atoms with Gasteiger partial charge in [-0.05, 0) is 19.1 Å². The van der Waals surface area contributed by atoms with Crippen molar-refractivity contribution in [2.45, 2.75) is 32.3 Å². The first-order chi connectivity index (χ1) is 13.6. The van der Waals surface area contributed by atoms with Gasteiger partial charge in [-0.1, -0.05) is 12.1 Å². The van der Waals surface area contributed by atoms with E-state index < -0.39 is 0 Å². The molecule has 1 heterocycles. The summed E-state index contributed by atoms with van der Waals surface area (Å²) in [6.45, 7) is 5.03. The van der Waals surface area contributed by atoms with Crippen molar-refractivity contribution >= 4 is 11.9 Å². The third-order valence-electron chi connectivity index (χ3n) is 4.43. The Morgan fingerprint density at radius 1 is 1.11 bits per heavy atom. The largest absolute Gasteiger partial charge is 0.490 e. The minimum absolute atomic E-state index is 0.0530. The predicted molar refractivity (Wildman–Crippen MR) is 106 cm³/mol. The van der Waals surface area contributed by atoms with Crippen LogP contribution in [0.3, 0.4) is 0 Å². The molecule has 1 aromatic rings. The molecular formula is C20H31N3O5. The quantitative estimate of drug-likeness (QED) is 0.592. The molecule has 0 atom stereocenters. The molecule has 0 saturated carbocycles. The number of piperidine rings is 1. The SMILES string of the molecule is CCOc1ccccc1OC1CCN(C(=O)NCCC(=O)NCCOC)CC1. The lowest BCUT2D eigenvalue weighted by Gasteiger charge is -2.32. The first kappa shape index (κ1) is 21.8. The second kappa shape index (κ2) is 12.1. The van der Waals surface area contributed by atoms with E-state index in [-0.39, 0.29) is 24.5 Å². The molecule has 0 unspecified atom stereocenters. The molecule has 1 saturated heterocycles. The van der Waals surface area contributed by atoms with Crippen molar-refractivity contribution in [1.29, 1.82) is 0 Å². The van der Waals surface area contributed by atoms with E-state index >= 15 is 0 Å². The van der Waals surface area contributed by atoms with Gasteiger partial charge in [0.05, 0.1) is 13.2 Å². The number of nitrogens with one attached hydrogen (secondary N) is 2. The summed E-state index contributed by atoms with van der Waals surface area (Å²) in [6, 6.07) is 7.50. The number of benzene rings is 1. The van der Waals surface area contributed by atoms with E-state index in [1.807, 2.05) is 31.2 Å². The van der Waals surface area contributed by atoms with Gasteiger partial charge in [0.15, 0.2) is 11.5 Å². The molecule has 8 nitrogen and oxygen atoms in total. The van der Waals surface area contributed by atoms with Crippen LogP contribution in [-0.2, 0) is 9.53 Å². The number of hydrogen-bond donors (Lipinski definition) is 2. The van der Waals surface area contributed by atoms with Crippen LogP contribution in [-0.4, -0.2) is 69.4 Å². The van der Waals surface area contributed by atoms with E-state index in [1.54, 1.807) is 12.0 Å². The van der Waals surface area contributed by atoms with Crippen molar-refractivity contribution < 1.29 is 23.8 Å². The minimum Gasteiger partial charge on any atom is -0.490 e. The van der Waals surface area contributed by atoms with Gasteiger partial charge in [-0.15, -0.1) is 0 Å². The highest BCUT2D eigenvalue weighted by Crippen LogP contribution is 2.29. The molecule has 28 heavy (non-hydrogen) atoms. The molecular weight excluding hydrogens is 362 g/mol. The van der Waals surface area contributed by atoms with Crippen molar-refractivity contribution in [2.75, 3.05) is 46.5 Å². The Balaban J connectivity index is 1.67. The van der Waals surface area contributed by atoms with E-state index in [0.29, 0.717) is 39.4 Å². The Morgan fingerprint density at radius 3 is 2.50 bits per heavy atom. The number of carbonyl (C=O) groups is 2. The van der Waals surface area contributed by atoms with Gasteiger partial charge in [-0.2, -0.15) is 0 Å². The van der Waals surface area contributed by atoms with E-state index in [4.69, 9.17) is 14.2 Å². The number of para-hydroxylation sites is 2. The van der Waals surface area contributed by atoms with Gasteiger partial charge < -0.3 is 29.7 Å². The van der Waals surface area contributed by atoms with Crippen LogP contribution < -0.4 is 20.1 Å². The summed E-state index contributed by atoms with van der Waals surface area (Å²) < 4.78 is 16.5. The third kappa shape index (κ3) is 7.26. The Hall–Kier alpha value is -2.48. The highest BCUT2D eigenvalue weighted by atomic mass is 16.5.